The summed E-state index contributed by atoms with van der Waals surface area (Å²) in [7, 11) is 1.94. The first-order valence-corrected chi connectivity index (χ1v) is 8.22. The van der Waals surface area contributed by atoms with Crippen molar-refractivity contribution in [2.45, 2.75) is 19.0 Å². The zero-order valence-electron chi connectivity index (χ0n) is 13.0. The van der Waals surface area contributed by atoms with Gasteiger partial charge in [-0.05, 0) is 30.8 Å². The standard InChI is InChI=1S/C16H16ClN4OS/c1-11-15(23-16-18-8-9-20(16)3)12(2)21(10-22,19-11)14-6-4-13(17)5-7-14/h4-10H,1-3H3/q+1. The highest BCUT2D eigenvalue weighted by Gasteiger charge is 2.43. The van der Waals surface area contributed by atoms with Gasteiger partial charge in [0, 0.05) is 43.5 Å². The molecule has 0 spiro atoms. The number of halogens is 1. The molecule has 0 saturated carbocycles. The van der Waals surface area contributed by atoms with Gasteiger partial charge in [0.1, 0.15) is 10.6 Å². The number of allylic oxidation sites excluding steroid dienone is 2. The molecule has 0 N–H and O–H groups in total. The van der Waals surface area contributed by atoms with Crippen LogP contribution in [0.15, 0.2) is 57.5 Å². The van der Waals surface area contributed by atoms with Crippen molar-refractivity contribution in [2.24, 2.45) is 12.1 Å². The zero-order chi connectivity index (χ0) is 16.6. The summed E-state index contributed by atoms with van der Waals surface area (Å²) in [4.78, 5) is 17.2. The summed E-state index contributed by atoms with van der Waals surface area (Å²) in [5.41, 5.74) is 2.43. The first kappa shape index (κ1) is 16.0. The fourth-order valence-electron chi connectivity index (χ4n) is 2.55. The number of imidazole rings is 1. The van der Waals surface area contributed by atoms with E-state index in [1.807, 2.05) is 43.8 Å². The van der Waals surface area contributed by atoms with E-state index in [2.05, 4.69) is 10.1 Å². The molecule has 1 unspecified atom stereocenters. The van der Waals surface area contributed by atoms with Crippen molar-refractivity contribution in [3.8, 4) is 0 Å². The van der Waals surface area contributed by atoms with Crippen molar-refractivity contribution < 1.29 is 4.79 Å². The van der Waals surface area contributed by atoms with Gasteiger partial charge in [-0.25, -0.2) is 9.78 Å². The maximum atomic E-state index is 12.0. The molecule has 23 heavy (non-hydrogen) atoms. The van der Waals surface area contributed by atoms with Gasteiger partial charge in [-0.2, -0.15) is 0 Å². The number of amides is 1. The molecule has 7 heteroatoms. The summed E-state index contributed by atoms with van der Waals surface area (Å²) in [6.45, 7) is 3.84. The van der Waals surface area contributed by atoms with Gasteiger partial charge in [-0.1, -0.05) is 21.3 Å². The summed E-state index contributed by atoms with van der Waals surface area (Å²) < 4.78 is 1.75. The molecule has 1 atom stereocenters. The van der Waals surface area contributed by atoms with Crippen LogP contribution in [0, 0.1) is 0 Å². The molecule has 3 rings (SSSR count). The van der Waals surface area contributed by atoms with E-state index in [1.165, 1.54) is 11.8 Å². The molecule has 1 aromatic heterocycles. The molecular formula is C16H16ClN4OS+. The highest BCUT2D eigenvalue weighted by atomic mass is 35.5. The Morgan fingerprint density at radius 1 is 1.26 bits per heavy atom. The predicted octanol–water partition coefficient (Wildman–Crippen LogP) is 3.95. The molecule has 2 aromatic rings. The van der Waals surface area contributed by atoms with Gasteiger partial charge < -0.3 is 4.57 Å². The van der Waals surface area contributed by atoms with Crippen LogP contribution in [0.3, 0.4) is 0 Å². The summed E-state index contributed by atoms with van der Waals surface area (Å²) in [6, 6.07) is 7.18. The van der Waals surface area contributed by atoms with E-state index in [1.54, 1.807) is 18.3 Å². The number of benzene rings is 1. The number of aryl methyl sites for hydroxylation is 1. The highest BCUT2D eigenvalue weighted by Crippen LogP contribution is 2.41. The topological polar surface area (TPSA) is 47.2 Å². The lowest BCUT2D eigenvalue weighted by molar-refractivity contribution is -0.115. The van der Waals surface area contributed by atoms with E-state index in [-0.39, 0.29) is 4.59 Å². The lowest BCUT2D eigenvalue weighted by atomic mass is 10.2. The third-order valence-corrected chi connectivity index (χ3v) is 5.44. The Labute approximate surface area is 143 Å². The molecule has 2 heterocycles. The summed E-state index contributed by atoms with van der Waals surface area (Å²) in [5.74, 6) is 0. The number of nitrogens with zero attached hydrogens (tertiary/aromatic N) is 4. The van der Waals surface area contributed by atoms with Gasteiger partial charge in [-0.15, -0.1) is 0 Å². The van der Waals surface area contributed by atoms with Gasteiger partial charge >= 0.3 is 6.41 Å². The number of quaternary nitrogens is 1. The fraction of sp³-hybridized carbons (Fsp3) is 0.188. The largest absolute Gasteiger partial charge is 0.337 e. The molecule has 1 aliphatic rings. The van der Waals surface area contributed by atoms with Crippen molar-refractivity contribution in [1.82, 2.24) is 14.1 Å². The van der Waals surface area contributed by atoms with E-state index in [9.17, 15) is 4.79 Å². The lowest BCUT2D eigenvalue weighted by Gasteiger charge is -2.21. The minimum atomic E-state index is -0.185. The molecule has 1 aliphatic heterocycles. The Morgan fingerprint density at radius 3 is 2.52 bits per heavy atom. The summed E-state index contributed by atoms with van der Waals surface area (Å²) in [5, 5.41) is 6.11. The minimum absolute atomic E-state index is 0.185. The first-order valence-electron chi connectivity index (χ1n) is 7.03. The van der Waals surface area contributed by atoms with Crippen LogP contribution < -0.4 is 4.59 Å². The molecular weight excluding hydrogens is 332 g/mol. The van der Waals surface area contributed by atoms with E-state index >= 15 is 0 Å². The van der Waals surface area contributed by atoms with Crippen molar-refractivity contribution in [3.63, 3.8) is 0 Å². The quantitative estimate of drug-likeness (QED) is 0.621. The van der Waals surface area contributed by atoms with Gasteiger partial charge in [0.05, 0.1) is 0 Å². The number of carbonyl (C=O) groups excluding carboxylic acids is 1. The first-order chi connectivity index (χ1) is 11.0. The Bertz CT molecular complexity index is 825. The highest BCUT2D eigenvalue weighted by molar-refractivity contribution is 8.03. The van der Waals surface area contributed by atoms with Crippen LogP contribution in [0.1, 0.15) is 13.8 Å². The molecule has 0 radical (unpaired) electrons. The number of aromatic nitrogens is 2. The maximum absolute atomic E-state index is 12.0. The Kier molecular flexibility index (Phi) is 4.14. The van der Waals surface area contributed by atoms with Crippen molar-refractivity contribution in [3.05, 3.63) is 52.3 Å². The number of hydrogen-bond acceptors (Lipinski definition) is 4. The summed E-state index contributed by atoms with van der Waals surface area (Å²) in [6.07, 6.45) is 4.48. The second kappa shape index (κ2) is 5.96. The third-order valence-electron chi connectivity index (χ3n) is 3.82. The van der Waals surface area contributed by atoms with E-state index in [0.29, 0.717) is 5.02 Å². The zero-order valence-corrected chi connectivity index (χ0v) is 14.6. The van der Waals surface area contributed by atoms with Crippen LogP contribution in [-0.2, 0) is 11.8 Å². The maximum Gasteiger partial charge on any atom is 0.337 e. The molecule has 1 amide bonds. The van der Waals surface area contributed by atoms with Gasteiger partial charge in [-0.3, -0.25) is 0 Å². The molecule has 0 bridgehead atoms. The van der Waals surface area contributed by atoms with Gasteiger partial charge in [0.2, 0.25) is 0 Å². The van der Waals surface area contributed by atoms with Crippen molar-refractivity contribution in [1.29, 1.82) is 0 Å². The Hall–Kier alpha value is -1.89. The molecule has 5 nitrogen and oxygen atoms in total. The normalized spacial score (nSPS) is 20.8. The van der Waals surface area contributed by atoms with Crippen LogP contribution in [0.25, 0.3) is 0 Å². The van der Waals surface area contributed by atoms with Crippen molar-refractivity contribution in [2.75, 3.05) is 0 Å². The molecule has 0 fully saturated rings. The van der Waals surface area contributed by atoms with E-state index in [0.717, 1.165) is 33.6 Å². The minimum Gasteiger partial charge on any atom is -0.329 e. The Morgan fingerprint density at radius 2 is 1.96 bits per heavy atom. The second-order valence-corrected chi connectivity index (χ2v) is 6.70. The van der Waals surface area contributed by atoms with Crippen LogP contribution in [0.4, 0.5) is 5.69 Å². The smallest absolute Gasteiger partial charge is 0.329 e. The number of carbonyl (C=O) groups is 1. The number of thioether (sulfide) groups is 1. The fourth-order valence-corrected chi connectivity index (χ4v) is 3.65. The van der Waals surface area contributed by atoms with Gasteiger partial charge in [0.15, 0.2) is 16.5 Å². The average molecular weight is 348 g/mol. The van der Waals surface area contributed by atoms with Crippen LogP contribution >= 0.6 is 23.4 Å². The third kappa shape index (κ3) is 2.63. The molecule has 1 aromatic carbocycles. The Balaban J connectivity index is 2.08. The number of rotatable bonds is 4. The second-order valence-electron chi connectivity index (χ2n) is 5.29. The monoisotopic (exact) mass is 347 g/mol. The van der Waals surface area contributed by atoms with E-state index < -0.39 is 0 Å². The lowest BCUT2D eigenvalue weighted by Crippen LogP contribution is -2.38. The number of hydrogen-bond donors (Lipinski definition) is 0. The van der Waals surface area contributed by atoms with Crippen LogP contribution in [0.5, 0.6) is 0 Å². The van der Waals surface area contributed by atoms with Crippen LogP contribution in [0.2, 0.25) is 5.02 Å². The van der Waals surface area contributed by atoms with E-state index in [4.69, 9.17) is 11.6 Å². The molecule has 118 valence electrons. The SMILES string of the molecule is CC1=N[N+](C=O)(c2ccc(Cl)cc2)C(C)=C1Sc1nccn1C. The average Bonchev–Trinajstić information content (AvgIpc) is 3.05. The van der Waals surface area contributed by atoms with Crippen molar-refractivity contribution >= 4 is 41.2 Å². The predicted molar refractivity (Wildman–Crippen MR) is 94.2 cm³/mol. The van der Waals surface area contributed by atoms with Gasteiger partial charge in [0.25, 0.3) is 0 Å². The summed E-state index contributed by atoms with van der Waals surface area (Å²) >= 11 is 7.47. The molecule has 0 saturated heterocycles. The molecule has 0 aliphatic carbocycles. The van der Waals surface area contributed by atoms with Crippen LogP contribution in [-0.4, -0.2) is 21.7 Å².